The molecule has 0 saturated heterocycles. The quantitative estimate of drug-likeness (QED) is 0.358. The van der Waals surface area contributed by atoms with E-state index in [1.54, 1.807) is 0 Å². The Morgan fingerprint density at radius 2 is 1.57 bits per heavy atom. The number of rotatable bonds is 8. The van der Waals surface area contributed by atoms with Gasteiger partial charge in [0.05, 0.1) is 17.4 Å². The number of benzene rings is 3. The third-order valence-corrected chi connectivity index (χ3v) is 5.85. The maximum atomic E-state index is 12.8. The highest BCUT2D eigenvalue weighted by molar-refractivity contribution is 5.97. The van der Waals surface area contributed by atoms with Gasteiger partial charge in [0.15, 0.2) is 0 Å². The van der Waals surface area contributed by atoms with Gasteiger partial charge in [0, 0.05) is 18.2 Å². The first kappa shape index (κ1) is 25.6. The standard InChI is InChI=1S/C28H31N3O.CO2/c1-20(2)9-10-21(3)30-28(32)25-15-16-26-27(17-25)31(19-29-26)18-22-11-13-24(14-12-22)23-7-5-4-6-8-23;2-1-3/h4-8,11-17,19-21H,9-10,18H2,1-3H3,(H,30,32);. The highest BCUT2D eigenvalue weighted by atomic mass is 16.2. The SMILES string of the molecule is CC(C)CCC(C)NC(=O)c1ccc2ncn(Cc3ccc(-c4ccccc4)cc3)c2c1.O=C=O. The zero-order chi connectivity index (χ0) is 25.2. The molecule has 1 unspecified atom stereocenters. The van der Waals surface area contributed by atoms with Crippen LogP contribution in [0.1, 0.15) is 49.5 Å². The second kappa shape index (κ2) is 12.4. The van der Waals surface area contributed by atoms with Gasteiger partial charge >= 0.3 is 6.15 Å². The Morgan fingerprint density at radius 1 is 0.914 bits per heavy atom. The van der Waals surface area contributed by atoms with E-state index in [-0.39, 0.29) is 18.1 Å². The molecule has 35 heavy (non-hydrogen) atoms. The van der Waals surface area contributed by atoms with E-state index in [1.165, 1.54) is 16.7 Å². The molecule has 0 aliphatic rings. The highest BCUT2D eigenvalue weighted by Crippen LogP contribution is 2.21. The third-order valence-electron chi connectivity index (χ3n) is 5.85. The summed E-state index contributed by atoms with van der Waals surface area (Å²) >= 11 is 0. The average Bonchev–Trinajstić information content (AvgIpc) is 3.26. The number of imidazole rings is 1. The minimum absolute atomic E-state index is 0.0249. The van der Waals surface area contributed by atoms with Crippen LogP contribution in [0.15, 0.2) is 79.1 Å². The highest BCUT2D eigenvalue weighted by Gasteiger charge is 2.13. The number of aromatic nitrogens is 2. The van der Waals surface area contributed by atoms with Crippen molar-refractivity contribution in [1.82, 2.24) is 14.9 Å². The van der Waals surface area contributed by atoms with Crippen LogP contribution < -0.4 is 5.32 Å². The Morgan fingerprint density at radius 3 is 2.23 bits per heavy atom. The molecular formula is C29H31N3O3. The number of nitrogens with one attached hydrogen (secondary N) is 1. The monoisotopic (exact) mass is 469 g/mol. The Kier molecular flexibility index (Phi) is 9.10. The van der Waals surface area contributed by atoms with Crippen molar-refractivity contribution in [2.45, 2.75) is 46.2 Å². The number of amides is 1. The van der Waals surface area contributed by atoms with E-state index in [9.17, 15) is 4.79 Å². The van der Waals surface area contributed by atoms with Crippen LogP contribution in [0.2, 0.25) is 0 Å². The first-order valence-electron chi connectivity index (χ1n) is 11.8. The second-order valence-electron chi connectivity index (χ2n) is 9.07. The van der Waals surface area contributed by atoms with Gasteiger partial charge in [-0.1, -0.05) is 68.4 Å². The summed E-state index contributed by atoms with van der Waals surface area (Å²) in [6.07, 6.45) is 4.20. The van der Waals surface area contributed by atoms with E-state index in [0.717, 1.165) is 23.9 Å². The molecular weight excluding hydrogens is 438 g/mol. The molecule has 4 aromatic rings. The molecule has 1 amide bonds. The molecule has 1 atom stereocenters. The normalized spacial score (nSPS) is 11.4. The molecule has 0 aliphatic heterocycles. The Labute approximate surface area is 206 Å². The molecule has 6 heteroatoms. The molecule has 0 spiro atoms. The lowest BCUT2D eigenvalue weighted by Gasteiger charge is -2.15. The molecule has 0 fully saturated rings. The molecule has 0 saturated carbocycles. The zero-order valence-electron chi connectivity index (χ0n) is 20.4. The fourth-order valence-electron chi connectivity index (χ4n) is 3.92. The van der Waals surface area contributed by atoms with Crippen molar-refractivity contribution in [2.75, 3.05) is 0 Å². The summed E-state index contributed by atoms with van der Waals surface area (Å²) in [7, 11) is 0. The summed E-state index contributed by atoms with van der Waals surface area (Å²) in [5.74, 6) is 0.616. The average molecular weight is 470 g/mol. The fourth-order valence-corrected chi connectivity index (χ4v) is 3.92. The third kappa shape index (κ3) is 7.23. The Bertz CT molecular complexity index is 1270. The van der Waals surface area contributed by atoms with Gasteiger partial charge in [-0.05, 0) is 60.6 Å². The van der Waals surface area contributed by atoms with Gasteiger partial charge in [-0.2, -0.15) is 9.59 Å². The van der Waals surface area contributed by atoms with Crippen LogP contribution in [0.25, 0.3) is 22.2 Å². The minimum Gasteiger partial charge on any atom is -0.350 e. The minimum atomic E-state index is -0.0249. The van der Waals surface area contributed by atoms with Crippen LogP contribution in [-0.2, 0) is 16.1 Å². The topological polar surface area (TPSA) is 81.1 Å². The van der Waals surface area contributed by atoms with Crippen LogP contribution in [0.5, 0.6) is 0 Å². The van der Waals surface area contributed by atoms with E-state index in [2.05, 4.69) is 84.2 Å². The first-order valence-corrected chi connectivity index (χ1v) is 11.8. The molecule has 1 N–H and O–H groups in total. The molecule has 1 aromatic heterocycles. The van der Waals surface area contributed by atoms with Crippen LogP contribution in [-0.4, -0.2) is 27.7 Å². The van der Waals surface area contributed by atoms with Gasteiger partial charge in [-0.15, -0.1) is 0 Å². The van der Waals surface area contributed by atoms with Crippen molar-refractivity contribution < 1.29 is 14.4 Å². The fraction of sp³-hybridized carbons (Fsp3) is 0.276. The molecule has 180 valence electrons. The van der Waals surface area contributed by atoms with E-state index < -0.39 is 0 Å². The molecule has 1 heterocycles. The predicted molar refractivity (Wildman–Crippen MR) is 137 cm³/mol. The number of hydrogen-bond acceptors (Lipinski definition) is 4. The molecule has 4 rings (SSSR count). The lowest BCUT2D eigenvalue weighted by atomic mass is 10.0. The number of fused-ring (bicyclic) bond motifs is 1. The predicted octanol–water partition coefficient (Wildman–Crippen LogP) is 5.72. The van der Waals surface area contributed by atoms with E-state index in [1.807, 2.05) is 30.6 Å². The number of nitrogens with zero attached hydrogens (tertiary/aromatic N) is 2. The maximum Gasteiger partial charge on any atom is 0.373 e. The summed E-state index contributed by atoms with van der Waals surface area (Å²) < 4.78 is 2.10. The maximum absolute atomic E-state index is 12.8. The number of carbonyl (C=O) groups excluding carboxylic acids is 3. The molecule has 0 bridgehead atoms. The lowest BCUT2D eigenvalue weighted by molar-refractivity contribution is -0.191. The summed E-state index contributed by atoms with van der Waals surface area (Å²) in [5, 5.41) is 3.13. The van der Waals surface area contributed by atoms with Crippen molar-refractivity contribution in [3.8, 4) is 11.1 Å². The summed E-state index contributed by atoms with van der Waals surface area (Å²) in [5.41, 5.74) is 6.16. The van der Waals surface area contributed by atoms with Crippen LogP contribution in [0, 0.1) is 5.92 Å². The van der Waals surface area contributed by atoms with E-state index >= 15 is 0 Å². The summed E-state index contributed by atoms with van der Waals surface area (Å²) in [6, 6.07) is 24.9. The number of hydrogen-bond donors (Lipinski definition) is 1. The van der Waals surface area contributed by atoms with Crippen LogP contribution in [0.4, 0.5) is 0 Å². The van der Waals surface area contributed by atoms with Crippen LogP contribution in [0.3, 0.4) is 0 Å². The van der Waals surface area contributed by atoms with Gasteiger partial charge in [0.25, 0.3) is 5.91 Å². The summed E-state index contributed by atoms with van der Waals surface area (Å²) in [6.45, 7) is 7.20. The molecule has 6 nitrogen and oxygen atoms in total. The number of carbonyl (C=O) groups is 1. The van der Waals surface area contributed by atoms with E-state index in [4.69, 9.17) is 9.59 Å². The van der Waals surface area contributed by atoms with E-state index in [0.29, 0.717) is 18.0 Å². The zero-order valence-corrected chi connectivity index (χ0v) is 20.4. The smallest absolute Gasteiger partial charge is 0.350 e. The second-order valence-corrected chi connectivity index (χ2v) is 9.07. The first-order chi connectivity index (χ1) is 16.9. The molecule has 0 aliphatic carbocycles. The van der Waals surface area contributed by atoms with Crippen molar-refractivity contribution in [3.05, 3.63) is 90.3 Å². The molecule has 3 aromatic carbocycles. The Balaban J connectivity index is 0.00000108. The largest absolute Gasteiger partial charge is 0.373 e. The van der Waals surface area contributed by atoms with Crippen LogP contribution >= 0.6 is 0 Å². The Hall–Kier alpha value is -4.02. The summed E-state index contributed by atoms with van der Waals surface area (Å²) in [4.78, 5) is 33.5. The van der Waals surface area contributed by atoms with Crippen molar-refractivity contribution >= 4 is 23.1 Å². The van der Waals surface area contributed by atoms with Gasteiger partial charge in [-0.3, -0.25) is 4.79 Å². The lowest BCUT2D eigenvalue weighted by Crippen LogP contribution is -2.32. The van der Waals surface area contributed by atoms with Gasteiger partial charge < -0.3 is 9.88 Å². The van der Waals surface area contributed by atoms with Gasteiger partial charge in [-0.25, -0.2) is 4.98 Å². The van der Waals surface area contributed by atoms with Gasteiger partial charge in [0.1, 0.15) is 0 Å². The van der Waals surface area contributed by atoms with Gasteiger partial charge in [0.2, 0.25) is 0 Å². The molecule has 0 radical (unpaired) electrons. The van der Waals surface area contributed by atoms with Crippen molar-refractivity contribution in [1.29, 1.82) is 0 Å². The van der Waals surface area contributed by atoms with Crippen molar-refractivity contribution in [2.24, 2.45) is 5.92 Å². The van der Waals surface area contributed by atoms with Crippen molar-refractivity contribution in [3.63, 3.8) is 0 Å².